The highest BCUT2D eigenvalue weighted by Gasteiger charge is 2.23. The van der Waals surface area contributed by atoms with Gasteiger partial charge in [-0.15, -0.1) is 0 Å². The van der Waals surface area contributed by atoms with E-state index in [1.54, 1.807) is 5.19 Å². The molecule has 0 atom stereocenters. The minimum atomic E-state index is -1.36. The van der Waals surface area contributed by atoms with Gasteiger partial charge in [-0.1, -0.05) is 91.8 Å². The van der Waals surface area contributed by atoms with Crippen molar-refractivity contribution in [2.24, 2.45) is 0 Å². The van der Waals surface area contributed by atoms with Gasteiger partial charge in [0.25, 0.3) is 0 Å². The summed E-state index contributed by atoms with van der Waals surface area (Å²) < 4.78 is 0. The fourth-order valence-corrected chi connectivity index (χ4v) is 5.26. The van der Waals surface area contributed by atoms with Crippen LogP contribution in [-0.4, -0.2) is 8.07 Å². The zero-order chi connectivity index (χ0) is 14.4. The summed E-state index contributed by atoms with van der Waals surface area (Å²) in [7, 11) is -1.36. The molecule has 0 aromatic heterocycles. The molecule has 0 saturated carbocycles. The molecule has 2 rings (SSSR count). The lowest BCUT2D eigenvalue weighted by molar-refractivity contribution is 0.795. The molecule has 0 N–H and O–H groups in total. The second-order valence-electron chi connectivity index (χ2n) is 6.35. The van der Waals surface area contributed by atoms with E-state index in [2.05, 4.69) is 74.6 Å². The Morgan fingerprint density at radius 3 is 2.00 bits per heavy atom. The van der Waals surface area contributed by atoms with E-state index in [0.717, 1.165) is 0 Å². The van der Waals surface area contributed by atoms with E-state index in [-0.39, 0.29) is 0 Å². The van der Waals surface area contributed by atoms with Gasteiger partial charge in [0, 0.05) is 0 Å². The molecule has 0 bridgehead atoms. The predicted molar refractivity (Wildman–Crippen MR) is 92.3 cm³/mol. The van der Waals surface area contributed by atoms with E-state index in [1.165, 1.54) is 36.4 Å². The van der Waals surface area contributed by atoms with Gasteiger partial charge in [0.05, 0.1) is 8.07 Å². The molecule has 0 aliphatic carbocycles. The molecule has 0 saturated heterocycles. The third kappa shape index (κ3) is 4.07. The van der Waals surface area contributed by atoms with Crippen LogP contribution >= 0.6 is 0 Å². The molecule has 1 heteroatoms. The third-order valence-corrected chi connectivity index (χ3v) is 7.23. The van der Waals surface area contributed by atoms with Crippen LogP contribution in [-0.2, 0) is 12.5 Å². The Morgan fingerprint density at radius 1 is 0.800 bits per heavy atom. The van der Waals surface area contributed by atoms with Gasteiger partial charge in [-0.05, 0) is 24.4 Å². The molecule has 0 aliphatic heterocycles. The molecule has 2 aromatic rings. The van der Waals surface area contributed by atoms with Gasteiger partial charge >= 0.3 is 0 Å². The third-order valence-electron chi connectivity index (χ3n) is 4.04. The van der Waals surface area contributed by atoms with Gasteiger partial charge in [-0.2, -0.15) is 0 Å². The van der Waals surface area contributed by atoms with Crippen LogP contribution in [0.3, 0.4) is 0 Å². The topological polar surface area (TPSA) is 0 Å². The highest BCUT2D eigenvalue weighted by molar-refractivity contribution is 6.89. The second-order valence-corrected chi connectivity index (χ2v) is 11.0. The largest absolute Gasteiger partial charge is 0.0849 e. The number of hydrogen-bond donors (Lipinski definition) is 0. The van der Waals surface area contributed by atoms with E-state index in [0.29, 0.717) is 0 Å². The van der Waals surface area contributed by atoms with Crippen molar-refractivity contribution in [3.8, 4) is 0 Å². The number of hydrogen-bond acceptors (Lipinski definition) is 0. The summed E-state index contributed by atoms with van der Waals surface area (Å²) in [6, 6.07) is 21.6. The average Bonchev–Trinajstić information content (AvgIpc) is 2.47. The van der Waals surface area contributed by atoms with Crippen LogP contribution in [0.1, 0.15) is 30.9 Å². The van der Waals surface area contributed by atoms with Crippen molar-refractivity contribution in [3.63, 3.8) is 0 Å². The summed E-state index contributed by atoms with van der Waals surface area (Å²) in [6.45, 7) is 7.18. The maximum absolute atomic E-state index is 2.47. The summed E-state index contributed by atoms with van der Waals surface area (Å²) in [4.78, 5) is 0. The summed E-state index contributed by atoms with van der Waals surface area (Å²) in [5.74, 6) is 0. The molecule has 0 amide bonds. The minimum Gasteiger partial charge on any atom is -0.0654 e. The Balaban J connectivity index is 2.06. The van der Waals surface area contributed by atoms with Gasteiger partial charge in [0.1, 0.15) is 0 Å². The van der Waals surface area contributed by atoms with Crippen LogP contribution in [0, 0.1) is 0 Å². The fraction of sp³-hybridized carbons (Fsp3) is 0.368. The second kappa shape index (κ2) is 6.89. The van der Waals surface area contributed by atoms with Crippen LogP contribution in [0.25, 0.3) is 0 Å². The molecule has 0 unspecified atom stereocenters. The van der Waals surface area contributed by atoms with E-state index < -0.39 is 8.07 Å². The number of unbranched alkanes of at least 4 members (excludes halogenated alkanes) is 1. The van der Waals surface area contributed by atoms with Gasteiger partial charge in [-0.3, -0.25) is 0 Å². The predicted octanol–water partition coefficient (Wildman–Crippen LogP) is 4.73. The van der Waals surface area contributed by atoms with Gasteiger partial charge in [0.15, 0.2) is 0 Å². The smallest absolute Gasteiger partial charge is 0.0654 e. The molecule has 0 nitrogen and oxygen atoms in total. The Labute approximate surface area is 124 Å². The molecule has 2 aromatic carbocycles. The van der Waals surface area contributed by atoms with Crippen LogP contribution in [0.2, 0.25) is 13.1 Å². The van der Waals surface area contributed by atoms with Gasteiger partial charge < -0.3 is 0 Å². The van der Waals surface area contributed by atoms with Crippen molar-refractivity contribution >= 4 is 13.3 Å². The summed E-state index contributed by atoms with van der Waals surface area (Å²) in [5, 5.41) is 1.55. The molecule has 20 heavy (non-hydrogen) atoms. The number of aryl methyl sites for hydroxylation is 1. The van der Waals surface area contributed by atoms with Crippen molar-refractivity contribution in [1.29, 1.82) is 0 Å². The van der Waals surface area contributed by atoms with Gasteiger partial charge in [0.2, 0.25) is 0 Å². The lowest BCUT2D eigenvalue weighted by atomic mass is 10.1. The SMILES string of the molecule is CCCCc1ccc(C[Si](C)(C)c2ccccc2)cc1. The summed E-state index contributed by atoms with van der Waals surface area (Å²) in [5.41, 5.74) is 2.97. The molecule has 0 fully saturated rings. The van der Waals surface area contributed by atoms with Crippen LogP contribution < -0.4 is 5.19 Å². The number of rotatable bonds is 6. The fourth-order valence-electron chi connectivity index (χ4n) is 2.71. The van der Waals surface area contributed by atoms with Crippen LogP contribution in [0.15, 0.2) is 54.6 Å². The monoisotopic (exact) mass is 282 g/mol. The Kier molecular flexibility index (Phi) is 5.19. The first kappa shape index (κ1) is 15.1. The first-order valence-corrected chi connectivity index (χ1v) is 11.0. The van der Waals surface area contributed by atoms with Crippen molar-refractivity contribution in [1.82, 2.24) is 0 Å². The van der Waals surface area contributed by atoms with Crippen molar-refractivity contribution < 1.29 is 0 Å². The molecule has 0 aliphatic rings. The Morgan fingerprint density at radius 2 is 1.40 bits per heavy atom. The minimum absolute atomic E-state index is 1.22. The first-order valence-electron chi connectivity index (χ1n) is 7.75. The normalized spacial score (nSPS) is 11.6. The quantitative estimate of drug-likeness (QED) is 0.672. The molecule has 0 radical (unpaired) electrons. The molecule has 0 heterocycles. The van der Waals surface area contributed by atoms with Crippen molar-refractivity contribution in [2.75, 3.05) is 0 Å². The van der Waals surface area contributed by atoms with Crippen molar-refractivity contribution in [3.05, 3.63) is 65.7 Å². The summed E-state index contributed by atoms with van der Waals surface area (Å²) in [6.07, 6.45) is 3.79. The highest BCUT2D eigenvalue weighted by atomic mass is 28.3. The lowest BCUT2D eigenvalue weighted by Gasteiger charge is -2.23. The summed E-state index contributed by atoms with van der Waals surface area (Å²) >= 11 is 0. The zero-order valence-electron chi connectivity index (χ0n) is 13.0. The van der Waals surface area contributed by atoms with E-state index in [9.17, 15) is 0 Å². The van der Waals surface area contributed by atoms with Crippen LogP contribution in [0.5, 0.6) is 0 Å². The highest BCUT2D eigenvalue weighted by Crippen LogP contribution is 2.14. The Bertz CT molecular complexity index is 511. The standard InChI is InChI=1S/C19H26Si/c1-4-5-9-17-12-14-18(15-13-17)16-20(2,3)19-10-7-6-8-11-19/h6-8,10-15H,4-5,9,16H2,1-3H3. The Hall–Kier alpha value is -1.34. The van der Waals surface area contributed by atoms with E-state index in [1.807, 2.05) is 0 Å². The van der Waals surface area contributed by atoms with E-state index in [4.69, 9.17) is 0 Å². The van der Waals surface area contributed by atoms with E-state index >= 15 is 0 Å². The molecular weight excluding hydrogens is 256 g/mol. The lowest BCUT2D eigenvalue weighted by Crippen LogP contribution is -2.43. The molecule has 0 spiro atoms. The maximum Gasteiger partial charge on any atom is 0.0849 e. The zero-order valence-corrected chi connectivity index (χ0v) is 14.0. The first-order chi connectivity index (χ1) is 9.62. The van der Waals surface area contributed by atoms with Gasteiger partial charge in [-0.25, -0.2) is 0 Å². The molecule has 106 valence electrons. The maximum atomic E-state index is 2.47. The molecular formula is C19H26Si. The average molecular weight is 283 g/mol. The number of benzene rings is 2. The van der Waals surface area contributed by atoms with Crippen LogP contribution in [0.4, 0.5) is 0 Å². The van der Waals surface area contributed by atoms with Crippen molar-refractivity contribution in [2.45, 2.75) is 45.3 Å².